The zero-order valence-electron chi connectivity index (χ0n) is 12.6. The zero-order valence-corrected chi connectivity index (χ0v) is 12.6. The van der Waals surface area contributed by atoms with Gasteiger partial charge in [0.1, 0.15) is 5.75 Å². The summed E-state index contributed by atoms with van der Waals surface area (Å²) in [6.45, 7) is 4.00. The molecule has 5 heteroatoms. The molecule has 1 saturated carbocycles. The van der Waals surface area contributed by atoms with Crippen molar-refractivity contribution in [2.24, 2.45) is 5.84 Å². The van der Waals surface area contributed by atoms with Crippen molar-refractivity contribution in [2.45, 2.75) is 57.3 Å². The third kappa shape index (κ3) is 3.48. The predicted molar refractivity (Wildman–Crippen MR) is 78.3 cm³/mol. The van der Waals surface area contributed by atoms with Crippen LogP contribution in [0, 0.1) is 0 Å². The smallest absolute Gasteiger partial charge is 0.138 e. The Bertz CT molecular complexity index is 427. The van der Waals surface area contributed by atoms with Crippen molar-refractivity contribution in [3.05, 3.63) is 24.0 Å². The van der Waals surface area contributed by atoms with E-state index in [9.17, 15) is 0 Å². The Morgan fingerprint density at radius 1 is 1.40 bits per heavy atom. The fourth-order valence-electron chi connectivity index (χ4n) is 2.67. The maximum absolute atomic E-state index is 5.72. The highest BCUT2D eigenvalue weighted by molar-refractivity contribution is 5.26. The van der Waals surface area contributed by atoms with Gasteiger partial charge in [0.25, 0.3) is 0 Å². The number of nitrogens with zero attached hydrogens (tertiary/aromatic N) is 1. The first-order valence-electron chi connectivity index (χ1n) is 7.21. The summed E-state index contributed by atoms with van der Waals surface area (Å²) in [5.41, 5.74) is 3.88. The lowest BCUT2D eigenvalue weighted by atomic mass is 9.75. The van der Waals surface area contributed by atoms with Crippen LogP contribution in [-0.4, -0.2) is 23.8 Å². The third-order valence-electron chi connectivity index (χ3n) is 3.98. The summed E-state index contributed by atoms with van der Waals surface area (Å²) in [5.74, 6) is 6.50. The summed E-state index contributed by atoms with van der Waals surface area (Å²) in [5, 5.41) is 0. The number of methoxy groups -OCH3 is 1. The summed E-state index contributed by atoms with van der Waals surface area (Å²) < 4.78 is 11.4. The fourth-order valence-corrected chi connectivity index (χ4v) is 2.67. The minimum atomic E-state index is -0.0358. The van der Waals surface area contributed by atoms with Crippen molar-refractivity contribution in [1.29, 1.82) is 0 Å². The summed E-state index contributed by atoms with van der Waals surface area (Å²) >= 11 is 0. The molecule has 1 aliphatic rings. The van der Waals surface area contributed by atoms with Gasteiger partial charge in [0.05, 0.1) is 23.9 Å². The van der Waals surface area contributed by atoms with E-state index in [1.54, 1.807) is 13.3 Å². The zero-order chi connectivity index (χ0) is 14.6. The first-order chi connectivity index (χ1) is 9.58. The van der Waals surface area contributed by atoms with Gasteiger partial charge in [-0.15, -0.1) is 0 Å². The van der Waals surface area contributed by atoms with Gasteiger partial charge in [-0.1, -0.05) is 0 Å². The number of hydrogen-bond acceptors (Lipinski definition) is 5. The maximum atomic E-state index is 5.72. The van der Waals surface area contributed by atoms with Gasteiger partial charge >= 0.3 is 0 Å². The Labute approximate surface area is 120 Å². The van der Waals surface area contributed by atoms with E-state index in [0.717, 1.165) is 30.6 Å². The second-order valence-corrected chi connectivity index (χ2v) is 5.78. The third-order valence-corrected chi connectivity index (χ3v) is 3.98. The van der Waals surface area contributed by atoms with Crippen molar-refractivity contribution < 1.29 is 9.47 Å². The average molecular weight is 279 g/mol. The second kappa shape index (κ2) is 6.52. The minimum absolute atomic E-state index is 0.0264. The van der Waals surface area contributed by atoms with Crippen LogP contribution in [0.1, 0.15) is 51.1 Å². The van der Waals surface area contributed by atoms with Crippen LogP contribution in [-0.2, 0) is 4.74 Å². The summed E-state index contributed by atoms with van der Waals surface area (Å²) in [6, 6.07) is 2.03. The molecule has 3 N–H and O–H groups in total. The van der Waals surface area contributed by atoms with Gasteiger partial charge in [-0.3, -0.25) is 16.3 Å². The van der Waals surface area contributed by atoms with Gasteiger partial charge in [-0.05, 0) is 51.2 Å². The van der Waals surface area contributed by atoms with Crippen molar-refractivity contribution in [1.82, 2.24) is 10.4 Å². The number of hydrazine groups is 1. The average Bonchev–Trinajstić information content (AvgIpc) is 2.38. The monoisotopic (exact) mass is 279 g/mol. The quantitative estimate of drug-likeness (QED) is 0.592. The molecule has 1 aromatic rings. The Morgan fingerprint density at radius 3 is 2.65 bits per heavy atom. The van der Waals surface area contributed by atoms with Gasteiger partial charge in [0, 0.05) is 13.3 Å². The normalized spacial score (nSPS) is 18.6. The lowest BCUT2D eigenvalue weighted by Crippen LogP contribution is -2.44. The number of hydrogen-bond donors (Lipinski definition) is 2. The molecule has 0 spiro atoms. The molecule has 0 aliphatic heterocycles. The molecule has 1 aliphatic carbocycles. The molecule has 5 nitrogen and oxygen atoms in total. The van der Waals surface area contributed by atoms with E-state index >= 15 is 0 Å². The second-order valence-electron chi connectivity index (χ2n) is 5.78. The van der Waals surface area contributed by atoms with E-state index in [4.69, 9.17) is 15.3 Å². The summed E-state index contributed by atoms with van der Waals surface area (Å²) in [6.07, 6.45) is 7.96. The molecular formula is C15H25N3O2. The number of nitrogens with two attached hydrogens (primary N) is 1. The molecule has 1 atom stereocenters. The molecule has 0 aromatic carbocycles. The lowest BCUT2D eigenvalue weighted by Gasteiger charge is -2.42. The SMILES string of the molecule is COC1(CC(NN)c2cncc(OC(C)C)c2)CCC1. The van der Waals surface area contributed by atoms with Crippen molar-refractivity contribution in [2.75, 3.05) is 7.11 Å². The van der Waals surface area contributed by atoms with Crippen molar-refractivity contribution in [3.63, 3.8) is 0 Å². The van der Waals surface area contributed by atoms with E-state index in [1.807, 2.05) is 26.1 Å². The molecule has 0 saturated heterocycles. The first-order valence-corrected chi connectivity index (χ1v) is 7.21. The van der Waals surface area contributed by atoms with E-state index in [2.05, 4.69) is 10.4 Å². The fraction of sp³-hybridized carbons (Fsp3) is 0.667. The molecule has 112 valence electrons. The van der Waals surface area contributed by atoms with Crippen molar-refractivity contribution in [3.8, 4) is 5.75 Å². The van der Waals surface area contributed by atoms with Crippen molar-refractivity contribution >= 4 is 0 Å². The van der Waals surface area contributed by atoms with Gasteiger partial charge in [0.2, 0.25) is 0 Å². The van der Waals surface area contributed by atoms with Gasteiger partial charge in [-0.25, -0.2) is 0 Å². The summed E-state index contributed by atoms with van der Waals surface area (Å²) in [4.78, 5) is 4.24. The van der Waals surface area contributed by atoms with E-state index < -0.39 is 0 Å². The Morgan fingerprint density at radius 2 is 2.15 bits per heavy atom. The molecule has 1 aromatic heterocycles. The van der Waals surface area contributed by atoms with Crippen LogP contribution in [0.25, 0.3) is 0 Å². The maximum Gasteiger partial charge on any atom is 0.138 e. The van der Waals surface area contributed by atoms with Crippen LogP contribution >= 0.6 is 0 Å². The Hall–Kier alpha value is -1.17. The number of ether oxygens (including phenoxy) is 2. The van der Waals surface area contributed by atoms with Gasteiger partial charge < -0.3 is 9.47 Å². The van der Waals surface area contributed by atoms with Crippen LogP contribution in [0.3, 0.4) is 0 Å². The van der Waals surface area contributed by atoms with E-state index in [0.29, 0.717) is 0 Å². The standard InChI is InChI=1S/C15H25N3O2/c1-11(2)20-13-7-12(9-17-10-13)14(18-16)8-15(19-3)5-4-6-15/h7,9-11,14,18H,4-6,8,16H2,1-3H3. The molecule has 0 amide bonds. The number of aromatic nitrogens is 1. The number of nitrogens with one attached hydrogen (secondary N) is 1. The molecule has 0 bridgehead atoms. The van der Waals surface area contributed by atoms with E-state index in [-0.39, 0.29) is 17.7 Å². The topological polar surface area (TPSA) is 69.4 Å². The van der Waals surface area contributed by atoms with E-state index in [1.165, 1.54) is 6.42 Å². The number of pyridine rings is 1. The van der Waals surface area contributed by atoms with Crippen LogP contribution in [0.5, 0.6) is 5.75 Å². The lowest BCUT2D eigenvalue weighted by molar-refractivity contribution is -0.0838. The van der Waals surface area contributed by atoms with Crippen LogP contribution in [0.15, 0.2) is 18.5 Å². The largest absolute Gasteiger partial charge is 0.489 e. The highest BCUT2D eigenvalue weighted by Gasteiger charge is 2.39. The molecule has 1 unspecified atom stereocenters. The van der Waals surface area contributed by atoms with Gasteiger partial charge in [-0.2, -0.15) is 0 Å². The Balaban J connectivity index is 2.10. The highest BCUT2D eigenvalue weighted by atomic mass is 16.5. The van der Waals surface area contributed by atoms with Crippen LogP contribution in [0.4, 0.5) is 0 Å². The van der Waals surface area contributed by atoms with Crippen LogP contribution < -0.4 is 16.0 Å². The predicted octanol–water partition coefficient (Wildman–Crippen LogP) is 2.33. The molecule has 1 fully saturated rings. The first kappa shape index (κ1) is 15.2. The highest BCUT2D eigenvalue weighted by Crippen LogP contribution is 2.41. The van der Waals surface area contributed by atoms with Gasteiger partial charge in [0.15, 0.2) is 0 Å². The molecule has 0 radical (unpaired) electrons. The minimum Gasteiger partial charge on any atom is -0.489 e. The molecular weight excluding hydrogens is 254 g/mol. The molecule has 2 rings (SSSR count). The summed E-state index contributed by atoms with van der Waals surface area (Å²) in [7, 11) is 1.78. The molecule has 20 heavy (non-hydrogen) atoms. The Kier molecular flexibility index (Phi) is 4.96. The number of rotatable bonds is 7. The molecule has 1 heterocycles. The van der Waals surface area contributed by atoms with Crippen LogP contribution in [0.2, 0.25) is 0 Å².